The lowest BCUT2D eigenvalue weighted by Crippen LogP contribution is -2.27. The summed E-state index contributed by atoms with van der Waals surface area (Å²) >= 11 is 0. The van der Waals surface area contributed by atoms with Crippen molar-refractivity contribution in [3.63, 3.8) is 0 Å². The van der Waals surface area contributed by atoms with E-state index < -0.39 is 16.0 Å². The molecular formula is C19H20N2O5S. The highest BCUT2D eigenvalue weighted by Gasteiger charge is 2.26. The van der Waals surface area contributed by atoms with Crippen LogP contribution in [0.1, 0.15) is 28.8 Å². The molecule has 1 heterocycles. The number of rotatable bonds is 6. The fraction of sp³-hybridized carbons (Fsp3) is 0.263. The molecule has 1 aliphatic rings. The molecule has 2 N–H and O–H groups in total. The number of aromatic carboxylic acids is 1. The minimum atomic E-state index is -3.49. The number of anilines is 1. The molecule has 2 aromatic rings. The van der Waals surface area contributed by atoms with Gasteiger partial charge < -0.3 is 10.4 Å². The highest BCUT2D eigenvalue weighted by Crippen LogP contribution is 2.22. The fourth-order valence-electron chi connectivity index (χ4n) is 3.05. The fourth-order valence-corrected chi connectivity index (χ4v) is 4.57. The zero-order valence-electron chi connectivity index (χ0n) is 14.6. The van der Waals surface area contributed by atoms with Gasteiger partial charge in [-0.2, -0.15) is 4.31 Å². The van der Waals surface area contributed by atoms with Crippen molar-refractivity contribution in [2.24, 2.45) is 0 Å². The molecule has 0 bridgehead atoms. The zero-order chi connectivity index (χ0) is 19.4. The molecule has 0 aliphatic carbocycles. The third-order valence-corrected chi connectivity index (χ3v) is 6.35. The standard InChI is InChI=1S/C19H20N2O5S/c22-18(13-14-5-1-2-6-17(14)19(23)24)20-15-7-9-16(10-8-15)27(25,26)21-11-3-4-12-21/h1-2,5-10H,3-4,11-13H2,(H,20,22)(H,23,24). The Morgan fingerprint density at radius 1 is 1.00 bits per heavy atom. The van der Waals surface area contributed by atoms with Gasteiger partial charge in [-0.1, -0.05) is 18.2 Å². The van der Waals surface area contributed by atoms with E-state index in [1.54, 1.807) is 18.2 Å². The summed E-state index contributed by atoms with van der Waals surface area (Å²) in [5.41, 5.74) is 0.948. The number of nitrogens with one attached hydrogen (secondary N) is 1. The van der Waals surface area contributed by atoms with Crippen LogP contribution in [0.25, 0.3) is 0 Å². The number of hydrogen-bond acceptors (Lipinski definition) is 4. The van der Waals surface area contributed by atoms with Crippen LogP contribution in [-0.4, -0.2) is 42.8 Å². The Balaban J connectivity index is 1.68. The van der Waals surface area contributed by atoms with Crippen molar-refractivity contribution >= 4 is 27.6 Å². The van der Waals surface area contributed by atoms with Crippen molar-refractivity contribution in [3.05, 3.63) is 59.7 Å². The monoisotopic (exact) mass is 388 g/mol. The number of carboxylic acid groups (broad SMARTS) is 1. The van der Waals surface area contributed by atoms with Crippen molar-refractivity contribution in [3.8, 4) is 0 Å². The van der Waals surface area contributed by atoms with Crippen molar-refractivity contribution in [2.45, 2.75) is 24.2 Å². The number of amides is 1. The Bertz CT molecular complexity index is 948. The van der Waals surface area contributed by atoms with E-state index in [0.717, 1.165) is 12.8 Å². The largest absolute Gasteiger partial charge is 0.478 e. The van der Waals surface area contributed by atoms with Gasteiger partial charge in [0, 0.05) is 18.8 Å². The lowest BCUT2D eigenvalue weighted by molar-refractivity contribution is -0.115. The number of nitrogens with zero attached hydrogens (tertiary/aromatic N) is 1. The molecule has 1 aliphatic heterocycles. The molecule has 0 unspecified atom stereocenters. The second-order valence-corrected chi connectivity index (χ2v) is 8.26. The third kappa shape index (κ3) is 4.35. The summed E-state index contributed by atoms with van der Waals surface area (Å²) in [4.78, 5) is 23.6. The molecule has 142 valence electrons. The van der Waals surface area contributed by atoms with E-state index >= 15 is 0 Å². The minimum absolute atomic E-state index is 0.0831. The molecule has 27 heavy (non-hydrogen) atoms. The molecule has 3 rings (SSSR count). The SMILES string of the molecule is O=C(Cc1ccccc1C(=O)O)Nc1ccc(S(=O)(=O)N2CCCC2)cc1. The van der Waals surface area contributed by atoms with Gasteiger partial charge in [-0.15, -0.1) is 0 Å². The summed E-state index contributed by atoms with van der Waals surface area (Å²) in [6.07, 6.45) is 1.65. The van der Waals surface area contributed by atoms with Crippen LogP contribution in [0.5, 0.6) is 0 Å². The van der Waals surface area contributed by atoms with Crippen LogP contribution < -0.4 is 5.32 Å². The summed E-state index contributed by atoms with van der Waals surface area (Å²) in [7, 11) is -3.49. The van der Waals surface area contributed by atoms with Gasteiger partial charge >= 0.3 is 5.97 Å². The second-order valence-electron chi connectivity index (χ2n) is 6.32. The average molecular weight is 388 g/mol. The number of hydrogen-bond donors (Lipinski definition) is 2. The second kappa shape index (κ2) is 7.89. The lowest BCUT2D eigenvalue weighted by atomic mass is 10.0. The van der Waals surface area contributed by atoms with Crippen molar-refractivity contribution in [1.82, 2.24) is 4.31 Å². The lowest BCUT2D eigenvalue weighted by Gasteiger charge is -2.15. The molecule has 0 saturated carbocycles. The quantitative estimate of drug-likeness (QED) is 0.791. The Morgan fingerprint density at radius 2 is 1.63 bits per heavy atom. The van der Waals surface area contributed by atoms with Gasteiger partial charge in [0.05, 0.1) is 16.9 Å². The maximum absolute atomic E-state index is 12.5. The van der Waals surface area contributed by atoms with E-state index in [1.807, 2.05) is 0 Å². The summed E-state index contributed by atoms with van der Waals surface area (Å²) in [6, 6.07) is 12.3. The summed E-state index contributed by atoms with van der Waals surface area (Å²) in [5.74, 6) is -1.46. The first-order valence-corrected chi connectivity index (χ1v) is 10.0. The highest BCUT2D eigenvalue weighted by atomic mass is 32.2. The Kier molecular flexibility index (Phi) is 5.57. The van der Waals surface area contributed by atoms with Crippen LogP contribution >= 0.6 is 0 Å². The molecule has 0 radical (unpaired) electrons. The molecule has 0 spiro atoms. The molecule has 7 nitrogen and oxygen atoms in total. The molecule has 1 saturated heterocycles. The van der Waals surface area contributed by atoms with E-state index in [1.165, 1.54) is 34.6 Å². The van der Waals surface area contributed by atoms with E-state index in [4.69, 9.17) is 0 Å². The summed E-state index contributed by atoms with van der Waals surface area (Å²) in [5, 5.41) is 11.8. The van der Waals surface area contributed by atoms with Crippen LogP contribution in [0.2, 0.25) is 0 Å². The predicted molar refractivity (Wildman–Crippen MR) is 100 cm³/mol. The number of carboxylic acids is 1. The van der Waals surface area contributed by atoms with E-state index in [0.29, 0.717) is 24.3 Å². The molecule has 2 aromatic carbocycles. The first-order valence-electron chi connectivity index (χ1n) is 8.59. The number of carbonyl (C=O) groups excluding carboxylic acids is 1. The third-order valence-electron chi connectivity index (χ3n) is 4.44. The van der Waals surface area contributed by atoms with Gasteiger partial charge in [-0.3, -0.25) is 4.79 Å². The molecule has 1 amide bonds. The van der Waals surface area contributed by atoms with Crippen molar-refractivity contribution in [2.75, 3.05) is 18.4 Å². The number of sulfonamides is 1. The van der Waals surface area contributed by atoms with E-state index in [9.17, 15) is 23.1 Å². The van der Waals surface area contributed by atoms with Gasteiger partial charge in [0.15, 0.2) is 0 Å². The van der Waals surface area contributed by atoms with Crippen molar-refractivity contribution < 1.29 is 23.1 Å². The van der Waals surface area contributed by atoms with Crippen LogP contribution in [0, 0.1) is 0 Å². The summed E-state index contributed by atoms with van der Waals surface area (Å²) in [6.45, 7) is 1.06. The maximum atomic E-state index is 12.5. The molecule has 0 atom stereocenters. The van der Waals surface area contributed by atoms with Crippen LogP contribution in [-0.2, 0) is 21.2 Å². The van der Waals surface area contributed by atoms with Crippen LogP contribution in [0.3, 0.4) is 0 Å². The Labute approximate surface area is 157 Å². The van der Waals surface area contributed by atoms with Crippen LogP contribution in [0.15, 0.2) is 53.4 Å². The number of carbonyl (C=O) groups is 2. The molecule has 8 heteroatoms. The highest BCUT2D eigenvalue weighted by molar-refractivity contribution is 7.89. The van der Waals surface area contributed by atoms with E-state index in [2.05, 4.69) is 5.32 Å². The average Bonchev–Trinajstić information content (AvgIpc) is 3.18. The Hall–Kier alpha value is -2.71. The van der Waals surface area contributed by atoms with Gasteiger partial charge in [-0.05, 0) is 48.7 Å². The zero-order valence-corrected chi connectivity index (χ0v) is 15.4. The summed E-state index contributed by atoms with van der Waals surface area (Å²) < 4.78 is 26.4. The Morgan fingerprint density at radius 3 is 2.26 bits per heavy atom. The molecule has 0 aromatic heterocycles. The molecular weight excluding hydrogens is 368 g/mol. The molecule has 1 fully saturated rings. The number of benzene rings is 2. The normalized spacial score (nSPS) is 14.8. The topological polar surface area (TPSA) is 104 Å². The van der Waals surface area contributed by atoms with Crippen molar-refractivity contribution in [1.29, 1.82) is 0 Å². The first-order chi connectivity index (χ1) is 12.9. The predicted octanol–water partition coefficient (Wildman–Crippen LogP) is 2.35. The van der Waals surface area contributed by atoms with Gasteiger partial charge in [0.25, 0.3) is 0 Å². The van der Waals surface area contributed by atoms with Gasteiger partial charge in [0.1, 0.15) is 0 Å². The van der Waals surface area contributed by atoms with Gasteiger partial charge in [0.2, 0.25) is 15.9 Å². The van der Waals surface area contributed by atoms with E-state index in [-0.39, 0.29) is 22.8 Å². The van der Waals surface area contributed by atoms with Gasteiger partial charge in [-0.25, -0.2) is 13.2 Å². The van der Waals surface area contributed by atoms with Crippen LogP contribution in [0.4, 0.5) is 5.69 Å². The smallest absolute Gasteiger partial charge is 0.335 e. The maximum Gasteiger partial charge on any atom is 0.335 e. The first kappa shape index (κ1) is 19.1. The minimum Gasteiger partial charge on any atom is -0.478 e.